The number of rotatable bonds is 6. The molecule has 1 aromatic carbocycles. The molecule has 0 fully saturated rings. The first kappa shape index (κ1) is 13.5. The second-order valence-corrected chi connectivity index (χ2v) is 4.60. The highest BCUT2D eigenvalue weighted by Gasteiger charge is 2.10. The Morgan fingerprint density at radius 3 is 2.79 bits per heavy atom. The maximum atomic E-state index is 11.0. The lowest BCUT2D eigenvalue weighted by Crippen LogP contribution is -2.02. The fraction of sp³-hybridized carbons (Fsp3) is 0.429. The summed E-state index contributed by atoms with van der Waals surface area (Å²) in [6.45, 7) is 2.94. The van der Waals surface area contributed by atoms with E-state index in [9.17, 15) is 4.79 Å². The number of benzene rings is 1. The molecule has 0 aliphatic carbocycles. The summed E-state index contributed by atoms with van der Waals surface area (Å²) in [5.41, 5.74) is 1.97. The molecule has 19 heavy (non-hydrogen) atoms. The first-order valence-electron chi connectivity index (χ1n) is 6.44. The highest BCUT2D eigenvalue weighted by Crippen LogP contribution is 2.19. The predicted octanol–water partition coefficient (Wildman–Crippen LogP) is 2.21. The number of aliphatic hydroxyl groups is 1. The van der Waals surface area contributed by atoms with Crippen molar-refractivity contribution in [2.24, 2.45) is 0 Å². The van der Waals surface area contributed by atoms with Crippen LogP contribution in [0.4, 0.5) is 0 Å². The van der Waals surface area contributed by atoms with Gasteiger partial charge in [0.25, 0.3) is 0 Å². The van der Waals surface area contributed by atoms with Crippen LogP contribution >= 0.6 is 0 Å². The van der Waals surface area contributed by atoms with Gasteiger partial charge < -0.3 is 14.8 Å². The van der Waals surface area contributed by atoms with Gasteiger partial charge in [-0.05, 0) is 44.4 Å². The van der Waals surface area contributed by atoms with E-state index in [-0.39, 0.29) is 12.2 Å². The number of carboxylic acid groups (broad SMARTS) is 1. The lowest BCUT2D eigenvalue weighted by atomic mass is 10.2. The molecule has 0 atom stereocenters. The fourth-order valence-corrected chi connectivity index (χ4v) is 2.22. The number of aromatic carboxylic acids is 1. The van der Waals surface area contributed by atoms with Gasteiger partial charge in [-0.1, -0.05) is 0 Å². The number of fused-ring (bicyclic) bond motifs is 1. The molecule has 5 heteroatoms. The highest BCUT2D eigenvalue weighted by atomic mass is 16.4. The van der Waals surface area contributed by atoms with Crippen LogP contribution in [0.2, 0.25) is 0 Å². The second kappa shape index (κ2) is 5.84. The molecule has 1 heterocycles. The van der Waals surface area contributed by atoms with Crippen LogP contribution < -0.4 is 0 Å². The minimum atomic E-state index is -0.924. The van der Waals surface area contributed by atoms with Crippen LogP contribution in [-0.2, 0) is 6.54 Å². The third-order valence-electron chi connectivity index (χ3n) is 3.23. The predicted molar refractivity (Wildman–Crippen MR) is 72.4 cm³/mol. The van der Waals surface area contributed by atoms with Crippen molar-refractivity contribution in [3.8, 4) is 0 Å². The SMILES string of the molecule is Cc1nc2ccc(C(=O)O)cc2n1CCCCCO. The van der Waals surface area contributed by atoms with E-state index in [1.165, 1.54) is 0 Å². The number of carbonyl (C=O) groups is 1. The van der Waals surface area contributed by atoms with E-state index in [0.29, 0.717) is 0 Å². The molecular weight excluding hydrogens is 244 g/mol. The zero-order valence-electron chi connectivity index (χ0n) is 11.0. The van der Waals surface area contributed by atoms with Gasteiger partial charge in [0.2, 0.25) is 0 Å². The topological polar surface area (TPSA) is 75.3 Å². The molecule has 0 spiro atoms. The van der Waals surface area contributed by atoms with E-state index in [1.54, 1.807) is 18.2 Å². The lowest BCUT2D eigenvalue weighted by Gasteiger charge is -2.06. The first-order chi connectivity index (χ1) is 9.13. The first-order valence-corrected chi connectivity index (χ1v) is 6.44. The van der Waals surface area contributed by atoms with Crippen LogP contribution in [0.25, 0.3) is 11.0 Å². The minimum Gasteiger partial charge on any atom is -0.478 e. The summed E-state index contributed by atoms with van der Waals surface area (Å²) in [5, 5.41) is 17.8. The van der Waals surface area contributed by atoms with Gasteiger partial charge in [0.1, 0.15) is 5.82 Å². The summed E-state index contributed by atoms with van der Waals surface area (Å²) in [4.78, 5) is 15.4. The molecule has 0 aliphatic rings. The highest BCUT2D eigenvalue weighted by molar-refractivity contribution is 5.92. The molecule has 5 nitrogen and oxygen atoms in total. The molecule has 0 amide bonds. The van der Waals surface area contributed by atoms with Crippen molar-refractivity contribution in [2.75, 3.05) is 6.61 Å². The molecule has 0 aliphatic heterocycles. The van der Waals surface area contributed by atoms with Crippen molar-refractivity contribution < 1.29 is 15.0 Å². The molecule has 0 saturated heterocycles. The summed E-state index contributed by atoms with van der Waals surface area (Å²) in [6.07, 6.45) is 2.70. The lowest BCUT2D eigenvalue weighted by molar-refractivity contribution is 0.0697. The van der Waals surface area contributed by atoms with Crippen molar-refractivity contribution in [1.82, 2.24) is 9.55 Å². The van der Waals surface area contributed by atoms with Gasteiger partial charge in [-0.25, -0.2) is 9.78 Å². The van der Waals surface area contributed by atoms with E-state index in [4.69, 9.17) is 10.2 Å². The molecule has 2 N–H and O–H groups in total. The number of imidazole rings is 1. The van der Waals surface area contributed by atoms with E-state index >= 15 is 0 Å². The Balaban J connectivity index is 2.28. The number of aryl methyl sites for hydroxylation is 2. The zero-order valence-corrected chi connectivity index (χ0v) is 11.0. The van der Waals surface area contributed by atoms with E-state index in [0.717, 1.165) is 42.7 Å². The number of carboxylic acids is 1. The van der Waals surface area contributed by atoms with Crippen molar-refractivity contribution in [2.45, 2.75) is 32.7 Å². The fourth-order valence-electron chi connectivity index (χ4n) is 2.22. The molecule has 0 radical (unpaired) electrons. The van der Waals surface area contributed by atoms with Gasteiger partial charge in [0.05, 0.1) is 16.6 Å². The third kappa shape index (κ3) is 2.93. The second-order valence-electron chi connectivity index (χ2n) is 4.60. The van der Waals surface area contributed by atoms with Gasteiger partial charge in [-0.15, -0.1) is 0 Å². The number of hydrogen-bond acceptors (Lipinski definition) is 3. The number of aliphatic hydroxyl groups excluding tert-OH is 1. The van der Waals surface area contributed by atoms with Crippen molar-refractivity contribution in [1.29, 1.82) is 0 Å². The van der Waals surface area contributed by atoms with Gasteiger partial charge in [-0.3, -0.25) is 0 Å². The minimum absolute atomic E-state index is 0.215. The van der Waals surface area contributed by atoms with Gasteiger partial charge in [-0.2, -0.15) is 0 Å². The van der Waals surface area contributed by atoms with Crippen LogP contribution in [-0.4, -0.2) is 32.3 Å². The Labute approximate surface area is 111 Å². The quantitative estimate of drug-likeness (QED) is 0.783. The number of aromatic nitrogens is 2. The Kier molecular flexibility index (Phi) is 4.16. The Morgan fingerprint density at radius 2 is 2.11 bits per heavy atom. The van der Waals surface area contributed by atoms with Crippen LogP contribution in [0, 0.1) is 6.92 Å². The van der Waals surface area contributed by atoms with Gasteiger partial charge >= 0.3 is 5.97 Å². The smallest absolute Gasteiger partial charge is 0.335 e. The Bertz CT molecular complexity index is 590. The summed E-state index contributed by atoms with van der Waals surface area (Å²) >= 11 is 0. The van der Waals surface area contributed by atoms with Crippen molar-refractivity contribution >= 4 is 17.0 Å². The normalized spacial score (nSPS) is 11.1. The van der Waals surface area contributed by atoms with Crippen molar-refractivity contribution in [3.05, 3.63) is 29.6 Å². The van der Waals surface area contributed by atoms with Crippen LogP contribution in [0.3, 0.4) is 0 Å². The molecule has 1 aromatic heterocycles. The van der Waals surface area contributed by atoms with Crippen LogP contribution in [0.5, 0.6) is 0 Å². The van der Waals surface area contributed by atoms with Crippen molar-refractivity contribution in [3.63, 3.8) is 0 Å². The standard InChI is InChI=1S/C14H18N2O3/c1-10-15-12-6-5-11(14(18)19)9-13(12)16(10)7-3-2-4-8-17/h5-6,9,17H,2-4,7-8H2,1H3,(H,18,19). The van der Waals surface area contributed by atoms with E-state index < -0.39 is 5.97 Å². The maximum Gasteiger partial charge on any atom is 0.335 e. The average molecular weight is 262 g/mol. The maximum absolute atomic E-state index is 11.0. The van der Waals surface area contributed by atoms with Gasteiger partial charge in [0, 0.05) is 13.2 Å². The zero-order chi connectivity index (χ0) is 13.8. The number of unbranched alkanes of at least 4 members (excludes halogenated alkanes) is 2. The van der Waals surface area contributed by atoms with E-state index in [1.807, 2.05) is 11.5 Å². The van der Waals surface area contributed by atoms with Crippen LogP contribution in [0.15, 0.2) is 18.2 Å². The summed E-state index contributed by atoms with van der Waals surface area (Å²) in [5.74, 6) is -0.0332. The largest absolute Gasteiger partial charge is 0.478 e. The summed E-state index contributed by atoms with van der Waals surface area (Å²) in [7, 11) is 0. The Hall–Kier alpha value is -1.88. The average Bonchev–Trinajstić information content (AvgIpc) is 2.70. The molecule has 102 valence electrons. The molecule has 2 aromatic rings. The van der Waals surface area contributed by atoms with Crippen LogP contribution in [0.1, 0.15) is 35.4 Å². The summed E-state index contributed by atoms with van der Waals surface area (Å²) in [6, 6.07) is 4.99. The monoisotopic (exact) mass is 262 g/mol. The third-order valence-corrected chi connectivity index (χ3v) is 3.23. The number of nitrogens with zero attached hydrogens (tertiary/aromatic N) is 2. The molecule has 2 rings (SSSR count). The molecule has 0 bridgehead atoms. The molecular formula is C14H18N2O3. The Morgan fingerprint density at radius 1 is 1.32 bits per heavy atom. The molecule has 0 saturated carbocycles. The van der Waals surface area contributed by atoms with Gasteiger partial charge in [0.15, 0.2) is 0 Å². The summed E-state index contributed by atoms with van der Waals surface area (Å²) < 4.78 is 2.04. The van der Waals surface area contributed by atoms with E-state index in [2.05, 4.69) is 4.98 Å². The number of hydrogen-bond donors (Lipinski definition) is 2. The molecule has 0 unspecified atom stereocenters.